The highest BCUT2D eigenvalue weighted by Gasteiger charge is 2.07. The number of pyridine rings is 1. The molecule has 0 radical (unpaired) electrons. The van der Waals surface area contributed by atoms with Crippen LogP contribution in [0.15, 0.2) is 54.7 Å². The van der Waals surface area contributed by atoms with E-state index in [0.29, 0.717) is 10.8 Å². The van der Waals surface area contributed by atoms with Gasteiger partial charge < -0.3 is 5.32 Å². The molecular formula is C17H14ClN3O. The maximum atomic E-state index is 12.0. The van der Waals surface area contributed by atoms with Crippen LogP contribution in [0.1, 0.15) is 11.3 Å². The normalized spacial score (nSPS) is 11.2. The molecule has 3 rings (SSSR count). The fourth-order valence-corrected chi connectivity index (χ4v) is 2.35. The quantitative estimate of drug-likeness (QED) is 0.744. The van der Waals surface area contributed by atoms with E-state index < -0.39 is 0 Å². The number of hydrogen-bond acceptors (Lipinski definition) is 2. The maximum Gasteiger partial charge on any atom is 0.248 e. The van der Waals surface area contributed by atoms with Crippen LogP contribution in [-0.2, 0) is 4.79 Å². The lowest BCUT2D eigenvalue weighted by atomic mass is 10.2. The Morgan fingerprint density at radius 3 is 2.77 bits per heavy atom. The number of fused-ring (bicyclic) bond motifs is 1. The summed E-state index contributed by atoms with van der Waals surface area (Å²) in [7, 11) is 0. The van der Waals surface area contributed by atoms with Crippen molar-refractivity contribution >= 4 is 34.9 Å². The molecule has 1 N–H and O–H groups in total. The van der Waals surface area contributed by atoms with Crippen LogP contribution in [0, 0.1) is 6.92 Å². The number of amides is 1. The standard InChI is InChI=1S/C17H14ClN3O/c1-12-5-7-13(8-6-12)19-16(22)10-9-14-17(18)20-15-4-2-3-11-21(14)15/h2-11H,1H3,(H,19,22)/b10-9+. The Balaban J connectivity index is 1.79. The molecule has 0 unspecified atom stereocenters. The van der Waals surface area contributed by atoms with Crippen molar-refractivity contribution in [1.29, 1.82) is 0 Å². The van der Waals surface area contributed by atoms with E-state index in [9.17, 15) is 4.79 Å². The van der Waals surface area contributed by atoms with Crippen LogP contribution < -0.4 is 5.32 Å². The molecule has 0 aliphatic carbocycles. The number of benzene rings is 1. The van der Waals surface area contributed by atoms with Crippen LogP contribution in [0.25, 0.3) is 11.7 Å². The molecule has 0 aliphatic heterocycles. The van der Waals surface area contributed by atoms with Gasteiger partial charge in [0.1, 0.15) is 5.65 Å². The van der Waals surface area contributed by atoms with E-state index in [0.717, 1.165) is 16.9 Å². The van der Waals surface area contributed by atoms with Crippen molar-refractivity contribution in [2.24, 2.45) is 0 Å². The lowest BCUT2D eigenvalue weighted by molar-refractivity contribution is -0.111. The summed E-state index contributed by atoms with van der Waals surface area (Å²) in [5.41, 5.74) is 3.32. The summed E-state index contributed by atoms with van der Waals surface area (Å²) in [4.78, 5) is 16.2. The van der Waals surface area contributed by atoms with Gasteiger partial charge in [0, 0.05) is 18.0 Å². The van der Waals surface area contributed by atoms with Crippen molar-refractivity contribution in [3.63, 3.8) is 0 Å². The van der Waals surface area contributed by atoms with Crippen molar-refractivity contribution in [3.8, 4) is 0 Å². The fourth-order valence-electron chi connectivity index (χ4n) is 2.11. The summed E-state index contributed by atoms with van der Waals surface area (Å²) >= 11 is 6.11. The van der Waals surface area contributed by atoms with Gasteiger partial charge in [-0.3, -0.25) is 9.20 Å². The zero-order chi connectivity index (χ0) is 15.5. The van der Waals surface area contributed by atoms with Gasteiger partial charge in [-0.25, -0.2) is 4.98 Å². The van der Waals surface area contributed by atoms with Gasteiger partial charge in [0.2, 0.25) is 5.91 Å². The number of carbonyl (C=O) groups excluding carboxylic acids is 1. The van der Waals surface area contributed by atoms with E-state index in [4.69, 9.17) is 11.6 Å². The summed E-state index contributed by atoms with van der Waals surface area (Å²) in [6, 6.07) is 13.2. The molecule has 0 fully saturated rings. The predicted molar refractivity (Wildman–Crippen MR) is 89.0 cm³/mol. The third-order valence-corrected chi connectivity index (χ3v) is 3.51. The van der Waals surface area contributed by atoms with Gasteiger partial charge in [0.05, 0.1) is 5.69 Å². The van der Waals surface area contributed by atoms with Gasteiger partial charge >= 0.3 is 0 Å². The van der Waals surface area contributed by atoms with Gasteiger partial charge in [0.25, 0.3) is 0 Å². The van der Waals surface area contributed by atoms with E-state index in [1.807, 2.05) is 60.0 Å². The lowest BCUT2D eigenvalue weighted by Gasteiger charge is -2.02. The number of nitrogens with one attached hydrogen (secondary N) is 1. The average molecular weight is 312 g/mol. The van der Waals surface area contributed by atoms with Crippen LogP contribution in [0.2, 0.25) is 5.15 Å². The number of aromatic nitrogens is 2. The fraction of sp³-hybridized carbons (Fsp3) is 0.0588. The molecule has 0 aliphatic rings. The number of nitrogens with zero attached hydrogens (tertiary/aromatic N) is 2. The van der Waals surface area contributed by atoms with Gasteiger partial charge in [0.15, 0.2) is 5.15 Å². The first kappa shape index (κ1) is 14.4. The Bertz CT molecular complexity index is 850. The van der Waals surface area contributed by atoms with Gasteiger partial charge in [-0.2, -0.15) is 0 Å². The molecule has 4 nitrogen and oxygen atoms in total. The molecule has 0 spiro atoms. The minimum absolute atomic E-state index is 0.217. The minimum Gasteiger partial charge on any atom is -0.323 e. The zero-order valence-electron chi connectivity index (χ0n) is 12.0. The summed E-state index contributed by atoms with van der Waals surface area (Å²) in [6.07, 6.45) is 4.96. The lowest BCUT2D eigenvalue weighted by Crippen LogP contribution is -2.07. The highest BCUT2D eigenvalue weighted by molar-refractivity contribution is 6.31. The van der Waals surface area contributed by atoms with Crippen molar-refractivity contribution in [1.82, 2.24) is 9.38 Å². The molecule has 2 aromatic heterocycles. The van der Waals surface area contributed by atoms with E-state index in [2.05, 4.69) is 10.3 Å². The number of hydrogen-bond donors (Lipinski definition) is 1. The zero-order valence-corrected chi connectivity index (χ0v) is 12.7. The summed E-state index contributed by atoms with van der Waals surface area (Å²) in [5, 5.41) is 3.17. The van der Waals surface area contributed by atoms with Gasteiger partial charge in [-0.15, -0.1) is 0 Å². The highest BCUT2D eigenvalue weighted by Crippen LogP contribution is 2.19. The van der Waals surface area contributed by atoms with Crippen LogP contribution in [0.4, 0.5) is 5.69 Å². The first-order valence-electron chi connectivity index (χ1n) is 6.82. The number of anilines is 1. The molecule has 0 saturated carbocycles. The smallest absolute Gasteiger partial charge is 0.248 e. The second-order valence-corrected chi connectivity index (χ2v) is 5.26. The van der Waals surface area contributed by atoms with E-state index in [1.54, 1.807) is 6.08 Å². The Morgan fingerprint density at radius 2 is 2.00 bits per heavy atom. The molecule has 1 aromatic carbocycles. The maximum absolute atomic E-state index is 12.0. The highest BCUT2D eigenvalue weighted by atomic mass is 35.5. The van der Waals surface area contributed by atoms with Crippen molar-refractivity contribution in [3.05, 3.63) is 71.1 Å². The van der Waals surface area contributed by atoms with Crippen LogP contribution in [-0.4, -0.2) is 15.3 Å². The van der Waals surface area contributed by atoms with Gasteiger partial charge in [-0.1, -0.05) is 35.4 Å². The first-order valence-corrected chi connectivity index (χ1v) is 7.19. The van der Waals surface area contributed by atoms with E-state index >= 15 is 0 Å². The van der Waals surface area contributed by atoms with E-state index in [1.165, 1.54) is 6.08 Å². The first-order chi connectivity index (χ1) is 10.6. The van der Waals surface area contributed by atoms with Crippen LogP contribution >= 0.6 is 11.6 Å². The van der Waals surface area contributed by atoms with E-state index in [-0.39, 0.29) is 5.91 Å². The number of rotatable bonds is 3. The summed E-state index contributed by atoms with van der Waals surface area (Å²) in [6.45, 7) is 2.00. The molecule has 0 saturated heterocycles. The number of aryl methyl sites for hydroxylation is 1. The number of imidazole rings is 1. The molecule has 1 amide bonds. The van der Waals surface area contributed by atoms with Crippen molar-refractivity contribution in [2.75, 3.05) is 5.32 Å². The third-order valence-electron chi connectivity index (χ3n) is 3.23. The topological polar surface area (TPSA) is 46.4 Å². The number of halogens is 1. The molecular weight excluding hydrogens is 298 g/mol. The molecule has 110 valence electrons. The Hall–Kier alpha value is -2.59. The third kappa shape index (κ3) is 3.02. The Kier molecular flexibility index (Phi) is 3.94. The average Bonchev–Trinajstić information content (AvgIpc) is 2.83. The molecule has 22 heavy (non-hydrogen) atoms. The molecule has 5 heteroatoms. The van der Waals surface area contributed by atoms with Gasteiger partial charge in [-0.05, 0) is 37.3 Å². The van der Waals surface area contributed by atoms with Crippen molar-refractivity contribution in [2.45, 2.75) is 6.92 Å². The molecule has 0 atom stereocenters. The molecule has 2 heterocycles. The van der Waals surface area contributed by atoms with Crippen LogP contribution in [0.3, 0.4) is 0 Å². The SMILES string of the molecule is Cc1ccc(NC(=O)/C=C/c2c(Cl)nc3ccccn23)cc1. The Labute approximate surface area is 133 Å². The monoisotopic (exact) mass is 311 g/mol. The minimum atomic E-state index is -0.217. The second-order valence-electron chi connectivity index (χ2n) is 4.91. The number of carbonyl (C=O) groups is 1. The predicted octanol–water partition coefficient (Wildman–Crippen LogP) is 3.95. The summed E-state index contributed by atoms with van der Waals surface area (Å²) < 4.78 is 1.83. The molecule has 0 bridgehead atoms. The van der Waals surface area contributed by atoms with Crippen molar-refractivity contribution < 1.29 is 4.79 Å². The largest absolute Gasteiger partial charge is 0.323 e. The molecule has 3 aromatic rings. The summed E-state index contributed by atoms with van der Waals surface area (Å²) in [5.74, 6) is -0.217. The second kappa shape index (κ2) is 6.03. The van der Waals surface area contributed by atoms with Crippen LogP contribution in [0.5, 0.6) is 0 Å². The Morgan fingerprint density at radius 1 is 1.23 bits per heavy atom.